The van der Waals surface area contributed by atoms with E-state index in [0.717, 1.165) is 11.0 Å². The third kappa shape index (κ3) is 4.37. The molecule has 0 saturated carbocycles. The number of hydrogen-bond acceptors (Lipinski definition) is 8. The number of fused-ring (bicyclic) bond motifs is 1. The van der Waals surface area contributed by atoms with Gasteiger partial charge in [-0.05, 0) is 30.3 Å². The van der Waals surface area contributed by atoms with Crippen molar-refractivity contribution in [1.82, 2.24) is 4.90 Å². The van der Waals surface area contributed by atoms with E-state index in [4.69, 9.17) is 14.2 Å². The Morgan fingerprint density at radius 2 is 1.73 bits per heavy atom. The second kappa shape index (κ2) is 9.03. The molecule has 0 N–H and O–H groups in total. The van der Waals surface area contributed by atoms with Crippen LogP contribution in [-0.4, -0.2) is 54.5 Å². The molecule has 1 heterocycles. The van der Waals surface area contributed by atoms with Crippen molar-refractivity contribution in [1.29, 1.82) is 0 Å². The molecule has 0 atom stereocenters. The van der Waals surface area contributed by atoms with Crippen molar-refractivity contribution in [2.75, 3.05) is 26.9 Å². The van der Waals surface area contributed by atoms with Crippen molar-refractivity contribution in [3.05, 3.63) is 63.7 Å². The van der Waals surface area contributed by atoms with Gasteiger partial charge < -0.3 is 14.2 Å². The number of esters is 1. The number of imide groups is 1. The molecule has 0 aromatic heterocycles. The summed E-state index contributed by atoms with van der Waals surface area (Å²) in [5.41, 5.74) is -0.740. The fourth-order valence-corrected chi connectivity index (χ4v) is 2.93. The number of nitrogens with zero attached hydrogens (tertiary/aromatic N) is 2. The van der Waals surface area contributed by atoms with Crippen LogP contribution in [0.2, 0.25) is 0 Å². The van der Waals surface area contributed by atoms with Crippen LogP contribution in [0.3, 0.4) is 0 Å². The lowest BCUT2D eigenvalue weighted by molar-refractivity contribution is -0.385. The SMILES string of the molecule is COc1ccc(OCCOC(=O)CCN2C(=O)c3cccc([N+](=O)[O-])c3C2=O)cc1. The molecule has 30 heavy (non-hydrogen) atoms. The summed E-state index contributed by atoms with van der Waals surface area (Å²) in [4.78, 5) is 47.9. The largest absolute Gasteiger partial charge is 0.497 e. The Hall–Kier alpha value is -3.95. The third-order valence-electron chi connectivity index (χ3n) is 4.39. The highest BCUT2D eigenvalue weighted by Gasteiger charge is 2.40. The first-order valence-corrected chi connectivity index (χ1v) is 8.98. The van der Waals surface area contributed by atoms with Crippen LogP contribution < -0.4 is 9.47 Å². The molecule has 10 nitrogen and oxygen atoms in total. The minimum absolute atomic E-state index is 0.0154. The molecule has 2 amide bonds. The van der Waals surface area contributed by atoms with Crippen LogP contribution in [0, 0.1) is 10.1 Å². The fraction of sp³-hybridized carbons (Fsp3) is 0.250. The minimum Gasteiger partial charge on any atom is -0.497 e. The van der Waals surface area contributed by atoms with E-state index in [1.54, 1.807) is 31.4 Å². The Kier molecular flexibility index (Phi) is 6.26. The van der Waals surface area contributed by atoms with E-state index < -0.39 is 28.4 Å². The highest BCUT2D eigenvalue weighted by Crippen LogP contribution is 2.30. The number of nitro benzene ring substituents is 1. The minimum atomic E-state index is -0.794. The molecule has 0 bridgehead atoms. The van der Waals surface area contributed by atoms with E-state index >= 15 is 0 Å². The zero-order chi connectivity index (χ0) is 21.7. The molecular weight excluding hydrogens is 396 g/mol. The summed E-state index contributed by atoms with van der Waals surface area (Å²) < 4.78 is 15.5. The molecule has 0 fully saturated rings. The predicted molar refractivity (Wildman–Crippen MR) is 103 cm³/mol. The Balaban J connectivity index is 1.46. The Bertz CT molecular complexity index is 987. The maximum Gasteiger partial charge on any atom is 0.307 e. The zero-order valence-electron chi connectivity index (χ0n) is 16.0. The topological polar surface area (TPSA) is 125 Å². The molecule has 1 aliphatic heterocycles. The first-order chi connectivity index (χ1) is 14.4. The molecule has 0 unspecified atom stereocenters. The van der Waals surface area contributed by atoms with Gasteiger partial charge in [-0.2, -0.15) is 0 Å². The standard InChI is InChI=1S/C20H18N2O8/c1-28-13-5-7-14(8-6-13)29-11-12-30-17(23)9-10-21-19(24)15-3-2-4-16(22(26)27)18(15)20(21)25/h2-8H,9-12H2,1H3. The average molecular weight is 414 g/mol. The second-order valence-electron chi connectivity index (χ2n) is 6.21. The fourth-order valence-electron chi connectivity index (χ4n) is 2.93. The summed E-state index contributed by atoms with van der Waals surface area (Å²) in [5.74, 6) is -0.821. The number of amides is 2. The number of rotatable bonds is 9. The molecule has 2 aromatic rings. The van der Waals surface area contributed by atoms with Gasteiger partial charge in [-0.3, -0.25) is 29.4 Å². The van der Waals surface area contributed by atoms with E-state index in [-0.39, 0.29) is 37.3 Å². The zero-order valence-corrected chi connectivity index (χ0v) is 16.0. The van der Waals surface area contributed by atoms with Gasteiger partial charge in [0.1, 0.15) is 30.3 Å². The number of carbonyl (C=O) groups excluding carboxylic acids is 3. The third-order valence-corrected chi connectivity index (χ3v) is 4.39. The van der Waals surface area contributed by atoms with Crippen LogP contribution in [0.5, 0.6) is 11.5 Å². The lowest BCUT2D eigenvalue weighted by atomic mass is 10.1. The molecule has 156 valence electrons. The van der Waals surface area contributed by atoms with Gasteiger partial charge in [-0.1, -0.05) is 6.07 Å². The van der Waals surface area contributed by atoms with E-state index in [1.807, 2.05) is 0 Å². The van der Waals surface area contributed by atoms with Crippen LogP contribution >= 0.6 is 0 Å². The number of hydrogen-bond donors (Lipinski definition) is 0. The highest BCUT2D eigenvalue weighted by molar-refractivity contribution is 6.23. The number of ether oxygens (including phenoxy) is 3. The lowest BCUT2D eigenvalue weighted by Gasteiger charge is -2.13. The van der Waals surface area contributed by atoms with Gasteiger partial charge in [-0.15, -0.1) is 0 Å². The molecule has 1 aliphatic rings. The van der Waals surface area contributed by atoms with Crippen LogP contribution in [0.4, 0.5) is 5.69 Å². The van der Waals surface area contributed by atoms with Crippen molar-refractivity contribution in [3.63, 3.8) is 0 Å². The first-order valence-electron chi connectivity index (χ1n) is 8.98. The lowest BCUT2D eigenvalue weighted by Crippen LogP contribution is -2.32. The van der Waals surface area contributed by atoms with Gasteiger partial charge in [0.2, 0.25) is 0 Å². The predicted octanol–water partition coefficient (Wildman–Crippen LogP) is 2.21. The van der Waals surface area contributed by atoms with Crippen molar-refractivity contribution in [2.45, 2.75) is 6.42 Å². The monoisotopic (exact) mass is 414 g/mol. The van der Waals surface area contributed by atoms with Crippen molar-refractivity contribution < 1.29 is 33.5 Å². The highest BCUT2D eigenvalue weighted by atomic mass is 16.6. The number of methoxy groups -OCH3 is 1. The molecule has 0 radical (unpaired) electrons. The van der Waals surface area contributed by atoms with Gasteiger partial charge >= 0.3 is 5.97 Å². The molecule has 10 heteroatoms. The average Bonchev–Trinajstić information content (AvgIpc) is 3.00. The Morgan fingerprint density at radius 3 is 2.40 bits per heavy atom. The van der Waals surface area contributed by atoms with Crippen LogP contribution in [-0.2, 0) is 9.53 Å². The van der Waals surface area contributed by atoms with E-state index in [2.05, 4.69) is 0 Å². The van der Waals surface area contributed by atoms with E-state index in [0.29, 0.717) is 11.5 Å². The molecule has 0 aliphatic carbocycles. The quantitative estimate of drug-likeness (QED) is 0.201. The summed E-state index contributed by atoms with van der Waals surface area (Å²) in [6.07, 6.45) is -0.234. The number of carbonyl (C=O) groups is 3. The van der Waals surface area contributed by atoms with Gasteiger partial charge in [0.25, 0.3) is 17.5 Å². The second-order valence-corrected chi connectivity index (χ2v) is 6.21. The summed E-state index contributed by atoms with van der Waals surface area (Å²) in [6.45, 7) is -0.128. The Morgan fingerprint density at radius 1 is 1.03 bits per heavy atom. The first kappa shape index (κ1) is 20.8. The summed E-state index contributed by atoms with van der Waals surface area (Å²) in [5, 5.41) is 11.1. The van der Waals surface area contributed by atoms with Crippen molar-refractivity contribution in [2.24, 2.45) is 0 Å². The van der Waals surface area contributed by atoms with Crippen molar-refractivity contribution in [3.8, 4) is 11.5 Å². The summed E-state index contributed by atoms with van der Waals surface area (Å²) >= 11 is 0. The molecule has 3 rings (SSSR count). The summed E-state index contributed by atoms with van der Waals surface area (Å²) in [7, 11) is 1.55. The smallest absolute Gasteiger partial charge is 0.307 e. The maximum absolute atomic E-state index is 12.4. The van der Waals surface area contributed by atoms with E-state index in [1.165, 1.54) is 12.1 Å². The Labute approximate surface area is 171 Å². The van der Waals surface area contributed by atoms with Gasteiger partial charge in [0.15, 0.2) is 0 Å². The van der Waals surface area contributed by atoms with Crippen molar-refractivity contribution >= 4 is 23.5 Å². The number of nitro groups is 1. The summed E-state index contributed by atoms with van der Waals surface area (Å²) in [6, 6.07) is 10.7. The maximum atomic E-state index is 12.4. The van der Waals surface area contributed by atoms with Crippen LogP contribution in [0.1, 0.15) is 27.1 Å². The molecule has 2 aromatic carbocycles. The molecule has 0 saturated heterocycles. The van der Waals surface area contributed by atoms with Crippen LogP contribution in [0.25, 0.3) is 0 Å². The van der Waals surface area contributed by atoms with Gasteiger partial charge in [0, 0.05) is 12.6 Å². The van der Waals surface area contributed by atoms with E-state index in [9.17, 15) is 24.5 Å². The molecular formula is C20H18N2O8. The molecule has 0 spiro atoms. The van der Waals surface area contributed by atoms with Crippen LogP contribution in [0.15, 0.2) is 42.5 Å². The van der Waals surface area contributed by atoms with Gasteiger partial charge in [0.05, 0.1) is 24.0 Å². The number of benzene rings is 2. The normalized spacial score (nSPS) is 12.5. The van der Waals surface area contributed by atoms with Gasteiger partial charge in [-0.25, -0.2) is 0 Å².